The number of nitro groups is 1. The van der Waals surface area contributed by atoms with Crippen LogP contribution in [0.3, 0.4) is 0 Å². The van der Waals surface area contributed by atoms with Crippen LogP contribution < -0.4 is 5.32 Å². The molecule has 3 rings (SSSR count). The highest BCUT2D eigenvalue weighted by Crippen LogP contribution is 2.21. The van der Waals surface area contributed by atoms with Crippen molar-refractivity contribution in [2.45, 2.75) is 20.0 Å². The van der Waals surface area contributed by atoms with Gasteiger partial charge >= 0.3 is 5.69 Å². The quantitative estimate of drug-likeness (QED) is 0.497. The maximum absolute atomic E-state index is 12.2. The predicted octanol–water partition coefficient (Wildman–Crippen LogP) is 3.29. The molecule has 3 aromatic rings. The molecule has 0 saturated carbocycles. The van der Waals surface area contributed by atoms with E-state index in [1.165, 1.54) is 17.8 Å². The van der Waals surface area contributed by atoms with E-state index in [-0.39, 0.29) is 28.8 Å². The van der Waals surface area contributed by atoms with Crippen LogP contribution in [0, 0.1) is 17.0 Å². The number of rotatable bonds is 6. The number of aromatic nitrogens is 4. The van der Waals surface area contributed by atoms with Crippen LogP contribution in [-0.4, -0.2) is 30.4 Å². The Balaban J connectivity index is 1.66. The van der Waals surface area contributed by atoms with Gasteiger partial charge in [0.15, 0.2) is 5.82 Å². The van der Waals surface area contributed by atoms with E-state index in [1.807, 2.05) is 12.1 Å². The zero-order valence-electron chi connectivity index (χ0n) is 14.1. The molecule has 0 atom stereocenters. The first-order valence-electron chi connectivity index (χ1n) is 7.77. The summed E-state index contributed by atoms with van der Waals surface area (Å²) in [5.74, 6) is -0.250. The number of nitrogens with one attached hydrogen (secondary N) is 1. The van der Waals surface area contributed by atoms with Crippen LogP contribution >= 0.6 is 23.2 Å². The van der Waals surface area contributed by atoms with Crippen molar-refractivity contribution in [3.05, 3.63) is 68.1 Å². The summed E-state index contributed by atoms with van der Waals surface area (Å²) in [5, 5.41) is 22.5. The first-order chi connectivity index (χ1) is 12.8. The normalized spacial score (nSPS) is 10.8. The molecule has 1 N–H and O–H groups in total. The van der Waals surface area contributed by atoms with Gasteiger partial charge in [-0.05, 0) is 24.6 Å². The monoisotopic (exact) mass is 408 g/mol. The Hall–Kier alpha value is -2.91. The number of anilines is 1. The lowest BCUT2D eigenvalue weighted by Gasteiger charge is -2.03. The highest BCUT2D eigenvalue weighted by atomic mass is 35.5. The summed E-state index contributed by atoms with van der Waals surface area (Å²) >= 11 is 12.0. The third-order valence-electron chi connectivity index (χ3n) is 3.66. The molecule has 2 aromatic heterocycles. The second-order valence-corrected chi connectivity index (χ2v) is 6.60. The number of halogens is 2. The molecule has 0 saturated heterocycles. The predicted molar refractivity (Wildman–Crippen MR) is 100 cm³/mol. The zero-order valence-corrected chi connectivity index (χ0v) is 15.6. The van der Waals surface area contributed by atoms with E-state index in [1.54, 1.807) is 23.0 Å². The number of aryl methyl sites for hydroxylation is 1. The van der Waals surface area contributed by atoms with Gasteiger partial charge in [0.1, 0.15) is 23.5 Å². The first kappa shape index (κ1) is 18.9. The highest BCUT2D eigenvalue weighted by Gasteiger charge is 2.17. The van der Waals surface area contributed by atoms with E-state index < -0.39 is 10.8 Å². The molecule has 0 radical (unpaired) electrons. The fourth-order valence-corrected chi connectivity index (χ4v) is 2.75. The van der Waals surface area contributed by atoms with Crippen LogP contribution in [0.4, 0.5) is 11.5 Å². The SMILES string of the molecule is Cc1nn(CC(=O)Nc2nn(Cc3ccc(Cl)cc3)cc2Cl)cc1[N+](=O)[O-]. The van der Waals surface area contributed by atoms with Gasteiger partial charge in [-0.25, -0.2) is 0 Å². The van der Waals surface area contributed by atoms with Crippen LogP contribution in [0.1, 0.15) is 11.3 Å². The van der Waals surface area contributed by atoms with Gasteiger partial charge in [-0.15, -0.1) is 0 Å². The molecule has 0 fully saturated rings. The van der Waals surface area contributed by atoms with Crippen LogP contribution in [0.2, 0.25) is 10.0 Å². The van der Waals surface area contributed by atoms with Gasteiger partial charge in [-0.3, -0.25) is 24.3 Å². The minimum Gasteiger partial charge on any atom is -0.306 e. The Kier molecular flexibility index (Phi) is 5.43. The standard InChI is InChI=1S/C16H14Cl2N6O3/c1-10-14(24(26)27)8-23(20-10)9-15(25)19-16-13(18)7-22(21-16)6-11-2-4-12(17)5-3-11/h2-5,7-8H,6,9H2,1H3,(H,19,21,25). The van der Waals surface area contributed by atoms with Crippen LogP contribution in [0.15, 0.2) is 36.7 Å². The minimum atomic E-state index is -0.550. The number of carbonyl (C=O) groups excluding carboxylic acids is 1. The average Bonchev–Trinajstić information content (AvgIpc) is 3.12. The maximum atomic E-state index is 12.2. The summed E-state index contributed by atoms with van der Waals surface area (Å²) in [7, 11) is 0. The zero-order chi connectivity index (χ0) is 19.6. The smallest absolute Gasteiger partial charge is 0.306 e. The second kappa shape index (κ2) is 7.77. The molecular formula is C16H14Cl2N6O3. The molecule has 2 heterocycles. The lowest BCUT2D eigenvalue weighted by Crippen LogP contribution is -2.19. The van der Waals surface area contributed by atoms with Crippen molar-refractivity contribution in [2.24, 2.45) is 0 Å². The molecule has 1 amide bonds. The molecule has 0 aliphatic rings. The van der Waals surface area contributed by atoms with E-state index in [0.29, 0.717) is 11.6 Å². The maximum Gasteiger partial charge on any atom is 0.309 e. The van der Waals surface area contributed by atoms with Gasteiger partial charge in [0.2, 0.25) is 5.91 Å². The van der Waals surface area contributed by atoms with E-state index in [0.717, 1.165) is 5.56 Å². The lowest BCUT2D eigenvalue weighted by atomic mass is 10.2. The molecule has 0 unspecified atom stereocenters. The van der Waals surface area contributed by atoms with Crippen molar-refractivity contribution in [2.75, 3.05) is 5.32 Å². The Morgan fingerprint density at radius 1 is 1.19 bits per heavy atom. The Morgan fingerprint density at radius 2 is 1.89 bits per heavy atom. The Morgan fingerprint density at radius 3 is 2.52 bits per heavy atom. The van der Waals surface area contributed by atoms with Gasteiger partial charge in [-0.1, -0.05) is 35.3 Å². The van der Waals surface area contributed by atoms with E-state index in [9.17, 15) is 14.9 Å². The van der Waals surface area contributed by atoms with Crippen molar-refractivity contribution in [3.63, 3.8) is 0 Å². The molecule has 140 valence electrons. The first-order valence-corrected chi connectivity index (χ1v) is 8.53. The van der Waals surface area contributed by atoms with E-state index in [2.05, 4.69) is 15.5 Å². The molecule has 0 aliphatic heterocycles. The van der Waals surface area contributed by atoms with Crippen LogP contribution in [0.5, 0.6) is 0 Å². The summed E-state index contributed by atoms with van der Waals surface area (Å²) in [6.07, 6.45) is 2.80. The van der Waals surface area contributed by atoms with Crippen molar-refractivity contribution < 1.29 is 9.72 Å². The lowest BCUT2D eigenvalue weighted by molar-refractivity contribution is -0.385. The fourth-order valence-electron chi connectivity index (χ4n) is 2.43. The summed E-state index contributed by atoms with van der Waals surface area (Å²) in [4.78, 5) is 22.5. The molecular weight excluding hydrogens is 395 g/mol. The van der Waals surface area contributed by atoms with Crippen molar-refractivity contribution in [3.8, 4) is 0 Å². The van der Waals surface area contributed by atoms with Crippen molar-refractivity contribution in [1.29, 1.82) is 0 Å². The van der Waals surface area contributed by atoms with Gasteiger partial charge in [0.25, 0.3) is 0 Å². The van der Waals surface area contributed by atoms with E-state index >= 15 is 0 Å². The van der Waals surface area contributed by atoms with Crippen LogP contribution in [-0.2, 0) is 17.9 Å². The van der Waals surface area contributed by atoms with Gasteiger partial charge in [0, 0.05) is 11.2 Å². The Bertz CT molecular complexity index is 996. The number of hydrogen-bond donors (Lipinski definition) is 1. The minimum absolute atomic E-state index is 0.145. The van der Waals surface area contributed by atoms with Gasteiger partial charge < -0.3 is 5.32 Å². The number of benzene rings is 1. The molecule has 0 spiro atoms. The molecule has 0 bridgehead atoms. The number of carbonyl (C=O) groups is 1. The summed E-state index contributed by atoms with van der Waals surface area (Å²) in [6, 6.07) is 7.28. The molecule has 0 aliphatic carbocycles. The molecule has 9 nitrogen and oxygen atoms in total. The molecule has 1 aromatic carbocycles. The molecule has 27 heavy (non-hydrogen) atoms. The highest BCUT2D eigenvalue weighted by molar-refractivity contribution is 6.33. The number of hydrogen-bond acceptors (Lipinski definition) is 5. The topological polar surface area (TPSA) is 108 Å². The van der Waals surface area contributed by atoms with Gasteiger partial charge in [0.05, 0.1) is 11.5 Å². The summed E-state index contributed by atoms with van der Waals surface area (Å²) in [5.41, 5.74) is 1.06. The number of nitrogens with zero attached hydrogens (tertiary/aromatic N) is 5. The third kappa shape index (κ3) is 4.63. The Labute approximate surface area is 163 Å². The van der Waals surface area contributed by atoms with E-state index in [4.69, 9.17) is 23.2 Å². The second-order valence-electron chi connectivity index (χ2n) is 5.75. The van der Waals surface area contributed by atoms with Crippen LogP contribution in [0.25, 0.3) is 0 Å². The third-order valence-corrected chi connectivity index (χ3v) is 4.18. The van der Waals surface area contributed by atoms with Crippen molar-refractivity contribution in [1.82, 2.24) is 19.6 Å². The largest absolute Gasteiger partial charge is 0.309 e. The number of amides is 1. The average molecular weight is 409 g/mol. The summed E-state index contributed by atoms with van der Waals surface area (Å²) in [6.45, 7) is 1.76. The van der Waals surface area contributed by atoms with Gasteiger partial charge in [-0.2, -0.15) is 10.2 Å². The molecule has 11 heteroatoms. The van der Waals surface area contributed by atoms with Crippen molar-refractivity contribution >= 4 is 40.6 Å². The fraction of sp³-hybridized carbons (Fsp3) is 0.188. The summed E-state index contributed by atoms with van der Waals surface area (Å²) < 4.78 is 2.78.